The minimum atomic E-state index is -1.90. The van der Waals surface area contributed by atoms with E-state index in [1.165, 1.54) is 0 Å². The van der Waals surface area contributed by atoms with Crippen molar-refractivity contribution in [3.63, 3.8) is 0 Å². The predicted molar refractivity (Wildman–Crippen MR) is 140 cm³/mol. The third-order valence-corrected chi connectivity index (χ3v) is 7.36. The maximum Gasteiger partial charge on any atom is 0.331 e. The van der Waals surface area contributed by atoms with E-state index in [2.05, 4.69) is 4.98 Å². The van der Waals surface area contributed by atoms with Crippen molar-refractivity contribution in [3.05, 3.63) is 66.2 Å². The molecule has 18 nitrogen and oxygen atoms in total. The number of carbonyl (C=O) groups is 1. The highest BCUT2D eigenvalue weighted by Crippen LogP contribution is 2.46. The van der Waals surface area contributed by atoms with Gasteiger partial charge >= 0.3 is 11.4 Å². The highest BCUT2D eigenvalue weighted by molar-refractivity contribution is 5.59. The summed E-state index contributed by atoms with van der Waals surface area (Å²) in [5.74, 6) is -2.02. The summed E-state index contributed by atoms with van der Waals surface area (Å²) in [6.45, 7) is 6.19. The number of aliphatic hydroxyl groups excluding tert-OH is 1. The fraction of sp³-hybridized carbons (Fsp3) is 0.577. The number of H-pyrrole nitrogens is 2. The lowest BCUT2D eigenvalue weighted by Gasteiger charge is -2.29. The smallest absolute Gasteiger partial charge is 0.331 e. The van der Waals surface area contributed by atoms with Crippen molar-refractivity contribution in [1.29, 1.82) is 10.5 Å². The molecule has 18 heteroatoms. The molecule has 234 valence electrons. The number of hydrogen-bond donors (Lipinski definition) is 3. The number of aldehydes is 1. The van der Waals surface area contributed by atoms with Crippen molar-refractivity contribution in [1.82, 2.24) is 19.1 Å². The summed E-state index contributed by atoms with van der Waals surface area (Å²) in [5.41, 5.74) is -6.57. The quantitative estimate of drug-likeness (QED) is 0.299. The first kappa shape index (κ1) is 31.2. The Bertz CT molecular complexity index is 1780. The molecule has 4 saturated heterocycles. The lowest BCUT2D eigenvalue weighted by atomic mass is 10.0. The first-order chi connectivity index (χ1) is 20.7. The maximum atomic E-state index is 12.1. The van der Waals surface area contributed by atoms with E-state index in [9.17, 15) is 39.6 Å². The van der Waals surface area contributed by atoms with E-state index >= 15 is 0 Å². The van der Waals surface area contributed by atoms with Gasteiger partial charge in [-0.2, -0.15) is 10.5 Å². The van der Waals surface area contributed by atoms with Gasteiger partial charge in [-0.25, -0.2) is 9.59 Å². The minimum Gasteiger partial charge on any atom is -0.394 e. The van der Waals surface area contributed by atoms with Crippen LogP contribution in [0.4, 0.5) is 0 Å². The first-order valence-corrected chi connectivity index (χ1v) is 13.3. The number of nitrogens with one attached hydrogen (secondary N) is 2. The molecule has 6 heterocycles. The van der Waals surface area contributed by atoms with E-state index in [0.29, 0.717) is 6.29 Å². The third-order valence-electron chi connectivity index (χ3n) is 7.36. The normalized spacial score (nSPS) is 35.9. The average Bonchev–Trinajstić information content (AvgIpc) is 3.63. The minimum absolute atomic E-state index is 0.401. The molecule has 0 amide bonds. The van der Waals surface area contributed by atoms with Crippen LogP contribution < -0.4 is 22.5 Å². The summed E-state index contributed by atoms with van der Waals surface area (Å²) in [6.07, 6.45) is -2.56. The summed E-state index contributed by atoms with van der Waals surface area (Å²) in [6, 6.07) is 5.99. The van der Waals surface area contributed by atoms with Crippen LogP contribution in [0.3, 0.4) is 0 Å². The molecular weight excluding hydrogens is 588 g/mol. The lowest BCUT2D eigenvalue weighted by molar-refractivity contribution is -0.218. The predicted octanol–water partition coefficient (Wildman–Crippen LogP) is -2.55. The van der Waals surface area contributed by atoms with Gasteiger partial charge in [0, 0.05) is 24.5 Å². The van der Waals surface area contributed by atoms with Crippen LogP contribution in [0.25, 0.3) is 0 Å². The van der Waals surface area contributed by atoms with Gasteiger partial charge in [0.1, 0.15) is 36.6 Å². The Balaban J connectivity index is 0.000000175. The molecule has 0 saturated carbocycles. The van der Waals surface area contributed by atoms with Crippen molar-refractivity contribution < 1.29 is 38.3 Å². The Labute approximate surface area is 246 Å². The van der Waals surface area contributed by atoms with Gasteiger partial charge in [-0.15, -0.1) is 0 Å². The monoisotopic (exact) mass is 616 g/mol. The zero-order valence-electron chi connectivity index (χ0n) is 23.8. The number of nitrogens with zero attached hydrogens (tertiary/aromatic N) is 4. The molecule has 8 atom stereocenters. The van der Waals surface area contributed by atoms with E-state index in [1.54, 1.807) is 27.7 Å². The third kappa shape index (κ3) is 4.92. The Morgan fingerprint density at radius 1 is 0.795 bits per heavy atom. The summed E-state index contributed by atoms with van der Waals surface area (Å²) in [5, 5.41) is 28.7. The Morgan fingerprint density at radius 3 is 1.68 bits per heavy atom. The summed E-state index contributed by atoms with van der Waals surface area (Å²) in [7, 11) is 0. The SMILES string of the molecule is CC1(C)O[C@H]2[C@@H](O1)[C@](C#N)(n1ccc(=O)[nH]c1=O)O[C@@H]2C=O.CC1(C)O[C@H]2[C@@H](O1)[C@](C#N)(n1ccc(=O)[nH]c1=O)O[C@@H]2CO. The van der Waals surface area contributed by atoms with E-state index in [4.69, 9.17) is 28.4 Å². The zero-order chi connectivity index (χ0) is 32.2. The summed E-state index contributed by atoms with van der Waals surface area (Å²) >= 11 is 0. The summed E-state index contributed by atoms with van der Waals surface area (Å²) < 4.78 is 35.6. The summed E-state index contributed by atoms with van der Waals surface area (Å²) in [4.78, 5) is 61.8. The van der Waals surface area contributed by atoms with Crippen LogP contribution in [0.5, 0.6) is 0 Å². The number of carbonyl (C=O) groups excluding carboxylic acids is 1. The number of aromatic nitrogens is 4. The fourth-order valence-corrected chi connectivity index (χ4v) is 5.68. The number of fused-ring (bicyclic) bond motifs is 2. The van der Waals surface area contributed by atoms with Gasteiger partial charge in [-0.1, -0.05) is 0 Å². The van der Waals surface area contributed by atoms with Gasteiger partial charge in [0.15, 0.2) is 30.1 Å². The van der Waals surface area contributed by atoms with Gasteiger partial charge in [-0.3, -0.25) is 28.7 Å². The van der Waals surface area contributed by atoms with Crippen LogP contribution in [-0.4, -0.2) is 85.3 Å². The number of ether oxygens (including phenoxy) is 6. The lowest BCUT2D eigenvalue weighted by Crippen LogP contribution is -2.50. The van der Waals surface area contributed by atoms with Gasteiger partial charge in [0.05, 0.1) is 6.61 Å². The molecule has 0 aromatic carbocycles. The largest absolute Gasteiger partial charge is 0.394 e. The van der Waals surface area contributed by atoms with Gasteiger partial charge in [0.2, 0.25) is 0 Å². The molecule has 2 aromatic rings. The fourth-order valence-electron chi connectivity index (χ4n) is 5.68. The van der Waals surface area contributed by atoms with Crippen LogP contribution in [-0.2, 0) is 44.7 Å². The number of aliphatic hydroxyl groups is 1. The molecule has 0 unspecified atom stereocenters. The van der Waals surface area contributed by atoms with Gasteiger partial charge in [0.25, 0.3) is 22.6 Å². The second-order valence-electron chi connectivity index (χ2n) is 11.2. The molecule has 44 heavy (non-hydrogen) atoms. The number of hydrogen-bond acceptors (Lipinski definition) is 14. The van der Waals surface area contributed by atoms with Crippen LogP contribution in [0.15, 0.2) is 43.7 Å². The molecule has 4 fully saturated rings. The Hall–Kier alpha value is -4.27. The van der Waals surface area contributed by atoms with E-state index in [0.717, 1.165) is 33.7 Å². The topological polar surface area (TPSA) is 250 Å². The molecule has 4 aliphatic heterocycles. The van der Waals surface area contributed by atoms with Gasteiger partial charge in [-0.05, 0) is 27.7 Å². The highest BCUT2D eigenvalue weighted by Gasteiger charge is 2.66. The number of rotatable bonds is 4. The molecule has 6 rings (SSSR count). The van der Waals surface area contributed by atoms with E-state index in [-0.39, 0.29) is 0 Å². The Kier molecular flexibility index (Phi) is 7.59. The van der Waals surface area contributed by atoms with Crippen LogP contribution in [0.2, 0.25) is 0 Å². The van der Waals surface area contributed by atoms with Crippen LogP contribution >= 0.6 is 0 Å². The van der Waals surface area contributed by atoms with Crippen molar-refractivity contribution in [2.45, 2.75) is 87.3 Å². The van der Waals surface area contributed by atoms with Crippen LogP contribution in [0, 0.1) is 22.7 Å². The molecule has 0 bridgehead atoms. The highest BCUT2D eigenvalue weighted by atomic mass is 16.8. The van der Waals surface area contributed by atoms with Crippen molar-refractivity contribution in [2.24, 2.45) is 0 Å². The van der Waals surface area contributed by atoms with E-state index in [1.807, 2.05) is 17.1 Å². The molecule has 2 aromatic heterocycles. The average molecular weight is 617 g/mol. The van der Waals surface area contributed by atoms with Crippen molar-refractivity contribution in [3.8, 4) is 12.1 Å². The first-order valence-electron chi connectivity index (χ1n) is 13.3. The van der Waals surface area contributed by atoms with E-state index < -0.39 is 88.8 Å². The van der Waals surface area contributed by atoms with Gasteiger partial charge < -0.3 is 38.3 Å². The standard InChI is InChI=1S/C13H15N3O6.C13H13N3O6/c2*1-12(2)21-9-7(5-17)20-13(6-14,10(9)22-12)16-4-3-8(18)15-11(16)19/h3-4,7,9-10,17H,5H2,1-2H3,(H,15,18,19);3-5,7,9-10H,1-2H3,(H,15,18,19)/t2*7-,9-,10-,13-/m11/s1. The van der Waals surface area contributed by atoms with Crippen LogP contribution in [0.1, 0.15) is 27.7 Å². The maximum absolute atomic E-state index is 12.1. The Morgan fingerprint density at radius 2 is 1.25 bits per heavy atom. The second kappa shape index (κ2) is 10.7. The molecule has 4 aliphatic rings. The van der Waals surface area contributed by atoms with Crippen molar-refractivity contribution >= 4 is 6.29 Å². The number of nitriles is 2. The second-order valence-corrected chi connectivity index (χ2v) is 11.2. The number of aromatic amines is 2. The van der Waals surface area contributed by atoms with Crippen molar-refractivity contribution in [2.75, 3.05) is 6.61 Å². The molecule has 3 N–H and O–H groups in total. The molecular formula is C26H28N6O12. The molecule has 0 spiro atoms. The molecule has 0 aliphatic carbocycles. The molecule has 0 radical (unpaired) electrons. The zero-order valence-corrected chi connectivity index (χ0v) is 23.8.